The Kier molecular flexibility index (Phi) is 16.8. The van der Waals surface area contributed by atoms with Crippen LogP contribution in [0.5, 0.6) is 0 Å². The van der Waals surface area contributed by atoms with Crippen LogP contribution in [-0.2, 0) is 9.47 Å². The Morgan fingerprint density at radius 1 is 0.536 bits per heavy atom. The van der Waals surface area contributed by atoms with E-state index in [1.54, 1.807) is 14.2 Å². The summed E-state index contributed by atoms with van der Waals surface area (Å²) >= 11 is 24.6. The van der Waals surface area contributed by atoms with Crippen molar-refractivity contribution in [3.8, 4) is 0 Å². The molecule has 3 aromatic rings. The van der Waals surface area contributed by atoms with E-state index < -0.39 is 0 Å². The van der Waals surface area contributed by atoms with Crippen molar-refractivity contribution in [3.63, 3.8) is 0 Å². The monoisotopic (exact) mass is 844 g/mol. The highest BCUT2D eigenvalue weighted by Crippen LogP contribution is 2.39. The Hall–Kier alpha value is -2.40. The molecule has 12 heteroatoms. The predicted octanol–water partition coefficient (Wildman–Crippen LogP) is 11.3. The van der Waals surface area contributed by atoms with Gasteiger partial charge in [-0.2, -0.15) is 0 Å². The van der Waals surface area contributed by atoms with Crippen molar-refractivity contribution < 1.29 is 9.47 Å². The second-order valence-electron chi connectivity index (χ2n) is 14.9. The fourth-order valence-corrected chi connectivity index (χ4v) is 9.12. The van der Waals surface area contributed by atoms with Crippen molar-refractivity contribution in [2.45, 2.75) is 79.4 Å². The Bertz CT molecular complexity index is 2040. The van der Waals surface area contributed by atoms with Gasteiger partial charge in [0, 0.05) is 97.1 Å². The molecule has 2 N–H and O–H groups in total. The second kappa shape index (κ2) is 21.0. The molecule has 2 atom stereocenters. The maximum atomic E-state index is 6.16. The molecular weight excluding hydrogens is 786 g/mol. The molecule has 2 aliphatic heterocycles. The Labute approximate surface area is 354 Å². The number of halogens is 4. The fourth-order valence-electron chi connectivity index (χ4n) is 8.17. The van der Waals surface area contributed by atoms with E-state index in [9.17, 15) is 0 Å². The Balaban J connectivity index is 1.78. The van der Waals surface area contributed by atoms with Crippen molar-refractivity contribution in [2.24, 2.45) is 0 Å². The minimum absolute atomic E-state index is 0.123. The maximum absolute atomic E-state index is 6.16. The van der Waals surface area contributed by atoms with Crippen LogP contribution in [0.4, 0.5) is 0 Å². The molecule has 0 amide bonds. The number of aryl methyl sites for hydroxylation is 2. The summed E-state index contributed by atoms with van der Waals surface area (Å²) in [5.41, 5.74) is 17.2. The highest BCUT2D eigenvalue weighted by molar-refractivity contribution is 6.18. The summed E-state index contributed by atoms with van der Waals surface area (Å²) in [5.74, 6) is 2.33. The van der Waals surface area contributed by atoms with Gasteiger partial charge in [-0.1, -0.05) is 0 Å². The smallest absolute Gasteiger partial charge is 0.0816 e. The standard InChI is InChI=1S/C44H60Cl4N6O2/c1-27-33(11-9-17-53(19-13-45)20-14-46)39-26-40-34(12-10-18-54(21-15-47)22-16-48)28(2)36(50-40)24-41-44(32(6)56-8)30(4)38(52-41)25-42-43(31(5)55-7)29(3)37(51-42)23-35(27)49-39/h23-26,31-32,51-52H,9-22H2,1-8H3. The number of rotatable bonds is 20. The van der Waals surface area contributed by atoms with E-state index in [1.807, 2.05) is 0 Å². The molecule has 2 unspecified atom stereocenters. The van der Waals surface area contributed by atoms with Crippen molar-refractivity contribution in [1.82, 2.24) is 29.7 Å². The van der Waals surface area contributed by atoms with Gasteiger partial charge in [-0.3, -0.25) is 0 Å². The largest absolute Gasteiger partial charge is 0.377 e. The SMILES string of the molecule is COC(C)c1c(C)c2cc3[nH]c(cc4nc(cc5nc(cc1[nH]2)C(C)=C5CCCN(CCCl)CCCl)C(CCCN(CCCl)CCCl)=C4C)c(C)c3C(C)OC. The Morgan fingerprint density at radius 2 is 0.911 bits per heavy atom. The zero-order valence-electron chi connectivity index (χ0n) is 34.5. The minimum atomic E-state index is -0.133. The van der Waals surface area contributed by atoms with Crippen molar-refractivity contribution in [1.29, 1.82) is 0 Å². The van der Waals surface area contributed by atoms with Gasteiger partial charge in [-0.15, -0.1) is 46.4 Å². The quantitative estimate of drug-likeness (QED) is 0.110. The third kappa shape index (κ3) is 10.2. The van der Waals surface area contributed by atoms with Crippen molar-refractivity contribution in [2.75, 3.05) is 77.0 Å². The molecule has 56 heavy (non-hydrogen) atoms. The molecule has 0 fully saturated rings. The van der Waals surface area contributed by atoms with Gasteiger partial charge in [0.05, 0.1) is 35.0 Å². The molecule has 8 nitrogen and oxygen atoms in total. The summed E-state index contributed by atoms with van der Waals surface area (Å²) in [7, 11) is 3.52. The average molecular weight is 847 g/mol. The summed E-state index contributed by atoms with van der Waals surface area (Å²) in [6, 6.07) is 8.82. The summed E-state index contributed by atoms with van der Waals surface area (Å²) in [5, 5.41) is 0. The van der Waals surface area contributed by atoms with Gasteiger partial charge >= 0.3 is 0 Å². The van der Waals surface area contributed by atoms with Crippen molar-refractivity contribution in [3.05, 3.63) is 69.3 Å². The lowest BCUT2D eigenvalue weighted by molar-refractivity contribution is 0.120. The van der Waals surface area contributed by atoms with Crippen LogP contribution in [0.15, 0.2) is 24.3 Å². The molecule has 0 saturated carbocycles. The number of aromatic amines is 2. The van der Waals surface area contributed by atoms with Gasteiger partial charge in [0.2, 0.25) is 0 Å². The number of nitrogens with zero attached hydrogens (tertiary/aromatic N) is 4. The summed E-state index contributed by atoms with van der Waals surface area (Å²) in [4.78, 5) is 23.0. The molecule has 0 spiro atoms. The molecule has 0 radical (unpaired) electrons. The molecule has 0 aromatic carbocycles. The van der Waals surface area contributed by atoms with Crippen LogP contribution in [0.2, 0.25) is 0 Å². The van der Waals surface area contributed by atoms with E-state index in [0.717, 1.165) is 132 Å². The molecule has 0 saturated heterocycles. The lowest BCUT2D eigenvalue weighted by atomic mass is 9.98. The first-order valence-corrected chi connectivity index (χ1v) is 22.0. The van der Waals surface area contributed by atoms with Crippen LogP contribution in [0.3, 0.4) is 0 Å². The number of hydrogen-bond donors (Lipinski definition) is 2. The number of hydrogen-bond acceptors (Lipinski definition) is 6. The number of aromatic nitrogens is 4. The minimum Gasteiger partial charge on any atom is -0.377 e. The third-order valence-corrected chi connectivity index (χ3v) is 12.2. The maximum Gasteiger partial charge on any atom is 0.0816 e. The van der Waals surface area contributed by atoms with Crippen LogP contribution in [-0.4, -0.2) is 107 Å². The first kappa shape index (κ1) is 44.7. The van der Waals surface area contributed by atoms with E-state index in [1.165, 1.54) is 22.3 Å². The Morgan fingerprint density at radius 3 is 1.30 bits per heavy atom. The van der Waals surface area contributed by atoms with Gasteiger partial charge in [-0.25, -0.2) is 9.97 Å². The topological polar surface area (TPSA) is 82.3 Å². The van der Waals surface area contributed by atoms with Crippen molar-refractivity contribution >= 4 is 90.8 Å². The number of nitrogens with one attached hydrogen (secondary N) is 2. The highest BCUT2D eigenvalue weighted by Gasteiger charge is 2.24. The number of ether oxygens (including phenoxy) is 2. The summed E-state index contributed by atoms with van der Waals surface area (Å²) < 4.78 is 11.9. The molecule has 3 aromatic heterocycles. The number of fused-ring (bicyclic) bond motifs is 8. The van der Waals surface area contributed by atoms with Gasteiger partial charge in [-0.05, 0) is 138 Å². The first-order valence-electron chi connectivity index (χ1n) is 19.9. The van der Waals surface area contributed by atoms with E-state index in [-0.39, 0.29) is 12.2 Å². The second-order valence-corrected chi connectivity index (χ2v) is 16.4. The number of H-pyrrole nitrogens is 2. The first-order chi connectivity index (χ1) is 27.0. The lowest BCUT2D eigenvalue weighted by Gasteiger charge is -2.20. The van der Waals surface area contributed by atoms with Gasteiger partial charge < -0.3 is 29.2 Å². The molecule has 8 bridgehead atoms. The molecule has 5 rings (SSSR count). The fraction of sp³-hybridized carbons (Fsp3) is 0.545. The summed E-state index contributed by atoms with van der Waals surface area (Å²) in [6.45, 7) is 18.0. The number of allylic oxidation sites excluding steroid dienone is 4. The zero-order valence-corrected chi connectivity index (χ0v) is 37.5. The molecule has 306 valence electrons. The predicted molar refractivity (Wildman–Crippen MR) is 241 cm³/mol. The van der Waals surface area contributed by atoms with E-state index in [0.29, 0.717) is 23.5 Å². The van der Waals surface area contributed by atoms with Gasteiger partial charge in [0.25, 0.3) is 0 Å². The van der Waals surface area contributed by atoms with Crippen LogP contribution in [0, 0.1) is 13.8 Å². The van der Waals surface area contributed by atoms with Gasteiger partial charge in [0.15, 0.2) is 0 Å². The average Bonchev–Trinajstić information content (AvgIpc) is 3.84. The lowest BCUT2D eigenvalue weighted by Crippen LogP contribution is -2.29. The van der Waals surface area contributed by atoms with Gasteiger partial charge in [0.1, 0.15) is 0 Å². The van der Waals surface area contributed by atoms with E-state index >= 15 is 0 Å². The van der Waals surface area contributed by atoms with Crippen LogP contribution in [0.1, 0.15) is 111 Å². The van der Waals surface area contributed by atoms with Crippen LogP contribution in [0.25, 0.3) is 44.4 Å². The summed E-state index contributed by atoms with van der Waals surface area (Å²) in [6.07, 6.45) is 3.40. The normalized spacial score (nSPS) is 14.5. The molecule has 0 aliphatic carbocycles. The zero-order chi connectivity index (χ0) is 40.5. The third-order valence-electron chi connectivity index (χ3n) is 11.6. The number of alkyl halides is 4. The highest BCUT2D eigenvalue weighted by atomic mass is 35.5. The molecule has 5 heterocycles. The van der Waals surface area contributed by atoms with E-state index in [4.69, 9.17) is 65.8 Å². The number of methoxy groups -OCH3 is 2. The molecule has 2 aliphatic rings. The van der Waals surface area contributed by atoms with E-state index in [2.05, 4.69) is 85.6 Å². The van der Waals surface area contributed by atoms with Crippen LogP contribution >= 0.6 is 46.4 Å². The molecular formula is C44H60Cl4N6O2. The van der Waals surface area contributed by atoms with Crippen LogP contribution < -0.4 is 0 Å².